The minimum Gasteiger partial charge on any atom is -0.382 e. The molecule has 0 bridgehead atoms. The Kier molecular flexibility index (Phi) is 5.84. The number of rotatable bonds is 7. The molecule has 0 amide bonds. The third-order valence-electron chi connectivity index (χ3n) is 3.82. The molecule has 0 aromatic heterocycles. The highest BCUT2D eigenvalue weighted by molar-refractivity contribution is 6.30. The zero-order chi connectivity index (χ0) is 19.4. The SMILES string of the molecule is COCCON1C=NC(Nc2ccc(Cl)cc2F)c2cc([N+](=O)[O-])ccc21. The zero-order valence-corrected chi connectivity index (χ0v) is 15.0. The Labute approximate surface area is 159 Å². The van der Waals surface area contributed by atoms with E-state index in [4.69, 9.17) is 21.2 Å². The quantitative estimate of drug-likeness (QED) is 0.435. The number of nitro groups is 1. The number of anilines is 2. The van der Waals surface area contributed by atoms with Crippen LogP contribution in [0.4, 0.5) is 21.5 Å². The van der Waals surface area contributed by atoms with Crippen LogP contribution in [0.15, 0.2) is 41.4 Å². The van der Waals surface area contributed by atoms with E-state index in [9.17, 15) is 14.5 Å². The highest BCUT2D eigenvalue weighted by atomic mass is 35.5. The van der Waals surface area contributed by atoms with E-state index in [1.54, 1.807) is 13.2 Å². The first-order valence-electron chi connectivity index (χ1n) is 7.94. The third kappa shape index (κ3) is 4.33. The molecule has 1 unspecified atom stereocenters. The minimum absolute atomic E-state index is 0.105. The van der Waals surface area contributed by atoms with Crippen molar-refractivity contribution < 1.29 is 18.9 Å². The number of nitro benzene ring substituents is 1. The van der Waals surface area contributed by atoms with Crippen molar-refractivity contribution in [2.24, 2.45) is 4.99 Å². The summed E-state index contributed by atoms with van der Waals surface area (Å²) in [5.74, 6) is -0.552. The van der Waals surface area contributed by atoms with E-state index in [0.29, 0.717) is 17.9 Å². The molecule has 2 aromatic carbocycles. The number of hydrogen-bond acceptors (Lipinski definition) is 7. The van der Waals surface area contributed by atoms with Crippen molar-refractivity contribution in [3.63, 3.8) is 0 Å². The van der Waals surface area contributed by atoms with Gasteiger partial charge in [-0.05, 0) is 24.3 Å². The van der Waals surface area contributed by atoms with Crippen molar-refractivity contribution in [3.05, 3.63) is 62.9 Å². The van der Waals surface area contributed by atoms with Crippen LogP contribution in [0.2, 0.25) is 5.02 Å². The lowest BCUT2D eigenvalue weighted by Crippen LogP contribution is -2.30. The van der Waals surface area contributed by atoms with Crippen molar-refractivity contribution in [3.8, 4) is 0 Å². The van der Waals surface area contributed by atoms with Gasteiger partial charge in [0.05, 0.1) is 29.5 Å². The van der Waals surface area contributed by atoms with Gasteiger partial charge in [0.25, 0.3) is 5.69 Å². The molecule has 1 aliphatic heterocycles. The molecule has 142 valence electrons. The van der Waals surface area contributed by atoms with Crippen LogP contribution in [0.25, 0.3) is 0 Å². The summed E-state index contributed by atoms with van der Waals surface area (Å²) in [6.45, 7) is 0.632. The number of fused-ring (bicyclic) bond motifs is 1. The zero-order valence-electron chi connectivity index (χ0n) is 14.3. The van der Waals surface area contributed by atoms with Crippen molar-refractivity contribution in [2.45, 2.75) is 6.17 Å². The molecular formula is C17H16ClFN4O4. The normalized spacial score (nSPS) is 15.5. The predicted molar refractivity (Wildman–Crippen MR) is 99.7 cm³/mol. The summed E-state index contributed by atoms with van der Waals surface area (Å²) >= 11 is 5.77. The van der Waals surface area contributed by atoms with Crippen LogP contribution in [-0.2, 0) is 9.57 Å². The fraction of sp³-hybridized carbons (Fsp3) is 0.235. The van der Waals surface area contributed by atoms with Crippen molar-refractivity contribution in [1.29, 1.82) is 0 Å². The average Bonchev–Trinajstić information content (AvgIpc) is 2.65. The molecule has 10 heteroatoms. The standard InChI is InChI=1S/C17H16ClFN4O4/c1-26-6-7-27-22-10-20-17(21-15-4-2-11(18)8-14(15)19)13-9-12(23(24)25)3-5-16(13)22/h2-5,8-10,17,21H,6-7H2,1H3. The first kappa shape index (κ1) is 19.0. The van der Waals surface area contributed by atoms with Gasteiger partial charge in [0.15, 0.2) is 0 Å². The van der Waals surface area contributed by atoms with Gasteiger partial charge in [-0.2, -0.15) is 0 Å². The van der Waals surface area contributed by atoms with E-state index in [0.717, 1.165) is 0 Å². The Balaban J connectivity index is 1.92. The first-order valence-corrected chi connectivity index (χ1v) is 8.31. The second kappa shape index (κ2) is 8.30. The molecule has 1 aliphatic rings. The molecule has 1 heterocycles. The largest absolute Gasteiger partial charge is 0.382 e. The summed E-state index contributed by atoms with van der Waals surface area (Å²) in [5.41, 5.74) is 1.09. The lowest BCUT2D eigenvalue weighted by atomic mass is 10.1. The van der Waals surface area contributed by atoms with Crippen LogP contribution in [0, 0.1) is 15.9 Å². The fourth-order valence-electron chi connectivity index (χ4n) is 2.54. The van der Waals surface area contributed by atoms with Gasteiger partial charge in [0, 0.05) is 29.8 Å². The van der Waals surface area contributed by atoms with Gasteiger partial charge in [0.1, 0.15) is 18.3 Å². The van der Waals surface area contributed by atoms with Gasteiger partial charge in [-0.1, -0.05) is 11.6 Å². The predicted octanol–water partition coefficient (Wildman–Crippen LogP) is 3.92. The molecule has 1 atom stereocenters. The van der Waals surface area contributed by atoms with Crippen LogP contribution in [-0.4, -0.2) is 31.6 Å². The Morgan fingerprint density at radius 2 is 2.15 bits per heavy atom. The average molecular weight is 395 g/mol. The monoisotopic (exact) mass is 394 g/mol. The summed E-state index contributed by atoms with van der Waals surface area (Å²) in [6, 6.07) is 8.48. The molecule has 0 radical (unpaired) electrons. The topological polar surface area (TPSA) is 89.2 Å². The van der Waals surface area contributed by atoms with Gasteiger partial charge in [-0.15, -0.1) is 0 Å². The fourth-order valence-corrected chi connectivity index (χ4v) is 2.69. The number of ether oxygens (including phenoxy) is 1. The van der Waals surface area contributed by atoms with Crippen LogP contribution in [0.3, 0.4) is 0 Å². The summed E-state index contributed by atoms with van der Waals surface area (Å²) in [6.07, 6.45) is 0.688. The molecule has 3 rings (SSSR count). The van der Waals surface area contributed by atoms with Crippen LogP contribution in [0.1, 0.15) is 11.7 Å². The van der Waals surface area contributed by atoms with Gasteiger partial charge in [-0.3, -0.25) is 15.0 Å². The van der Waals surface area contributed by atoms with Gasteiger partial charge >= 0.3 is 0 Å². The van der Waals surface area contributed by atoms with Crippen LogP contribution in [0.5, 0.6) is 0 Å². The van der Waals surface area contributed by atoms with E-state index in [2.05, 4.69) is 10.3 Å². The molecule has 0 saturated carbocycles. The van der Waals surface area contributed by atoms with E-state index < -0.39 is 16.9 Å². The molecular weight excluding hydrogens is 379 g/mol. The molecule has 8 nitrogen and oxygen atoms in total. The number of non-ortho nitro benzene ring substituents is 1. The molecule has 1 N–H and O–H groups in total. The van der Waals surface area contributed by atoms with Crippen LogP contribution >= 0.6 is 11.6 Å². The Hall–Kier alpha value is -2.75. The molecule has 0 aliphatic carbocycles. The number of aliphatic imine (C=N–C) groups is 1. The molecule has 2 aromatic rings. The molecule has 27 heavy (non-hydrogen) atoms. The number of nitrogens with zero attached hydrogens (tertiary/aromatic N) is 3. The number of halogens is 2. The molecule has 0 fully saturated rings. The minimum atomic E-state index is -0.738. The summed E-state index contributed by atoms with van der Waals surface area (Å²) in [4.78, 5) is 20.5. The number of hydrogen-bond donors (Lipinski definition) is 1. The summed E-state index contributed by atoms with van der Waals surface area (Å²) in [7, 11) is 1.55. The van der Waals surface area contributed by atoms with Crippen molar-refractivity contribution in [1.82, 2.24) is 0 Å². The van der Waals surface area contributed by atoms with E-state index in [-0.39, 0.29) is 23.0 Å². The number of benzene rings is 2. The Morgan fingerprint density at radius 3 is 2.85 bits per heavy atom. The summed E-state index contributed by atoms with van der Waals surface area (Å²) in [5, 5.41) is 15.7. The number of nitrogens with one attached hydrogen (secondary N) is 1. The maximum Gasteiger partial charge on any atom is 0.270 e. The van der Waals surface area contributed by atoms with Gasteiger partial charge in [-0.25, -0.2) is 14.4 Å². The lowest BCUT2D eigenvalue weighted by molar-refractivity contribution is -0.384. The molecule has 0 spiro atoms. The maximum absolute atomic E-state index is 14.1. The highest BCUT2D eigenvalue weighted by Crippen LogP contribution is 2.36. The smallest absolute Gasteiger partial charge is 0.270 e. The van der Waals surface area contributed by atoms with Gasteiger partial charge < -0.3 is 10.1 Å². The van der Waals surface area contributed by atoms with E-state index in [1.165, 1.54) is 41.7 Å². The lowest BCUT2D eigenvalue weighted by Gasteiger charge is -2.29. The highest BCUT2D eigenvalue weighted by Gasteiger charge is 2.26. The van der Waals surface area contributed by atoms with E-state index >= 15 is 0 Å². The Bertz CT molecular complexity index is 880. The summed E-state index contributed by atoms with van der Waals surface area (Å²) < 4.78 is 19.1. The number of hydroxylamine groups is 1. The maximum atomic E-state index is 14.1. The van der Waals surface area contributed by atoms with Crippen LogP contribution < -0.4 is 10.4 Å². The van der Waals surface area contributed by atoms with Crippen molar-refractivity contribution >= 4 is 35.0 Å². The van der Waals surface area contributed by atoms with Crippen molar-refractivity contribution in [2.75, 3.05) is 30.7 Å². The first-order chi connectivity index (χ1) is 13.0. The molecule has 0 saturated heterocycles. The third-order valence-corrected chi connectivity index (χ3v) is 4.05. The van der Waals surface area contributed by atoms with E-state index in [1.807, 2.05) is 0 Å². The Morgan fingerprint density at radius 1 is 1.33 bits per heavy atom. The second-order valence-electron chi connectivity index (χ2n) is 5.59. The van der Waals surface area contributed by atoms with Gasteiger partial charge in [0.2, 0.25) is 0 Å². The number of methoxy groups -OCH3 is 1. The second-order valence-corrected chi connectivity index (χ2v) is 6.02.